The predicted molar refractivity (Wildman–Crippen MR) is 120 cm³/mol. The van der Waals surface area contributed by atoms with Crippen LogP contribution in [0.2, 0.25) is 0 Å². The monoisotopic (exact) mass is 462 g/mol. The summed E-state index contributed by atoms with van der Waals surface area (Å²) >= 11 is 0. The van der Waals surface area contributed by atoms with Crippen LogP contribution in [0.1, 0.15) is 29.7 Å². The minimum Gasteiger partial charge on any atom is -0.465 e. The smallest absolute Gasteiger partial charge is 0.283 e. The van der Waals surface area contributed by atoms with Gasteiger partial charge >= 0.3 is 0 Å². The minimum absolute atomic E-state index is 0.00641. The van der Waals surface area contributed by atoms with Crippen molar-refractivity contribution < 1.29 is 23.0 Å². The molecule has 0 radical (unpaired) electrons. The van der Waals surface area contributed by atoms with Crippen LogP contribution < -0.4 is 10.5 Å². The van der Waals surface area contributed by atoms with Crippen LogP contribution in [0.3, 0.4) is 0 Å². The molecule has 0 aliphatic carbocycles. The average molecular weight is 462 g/mol. The lowest BCUT2D eigenvalue weighted by Crippen LogP contribution is -2.39. The number of benzene rings is 1. The van der Waals surface area contributed by atoms with Gasteiger partial charge in [0.2, 0.25) is 0 Å². The van der Waals surface area contributed by atoms with Crippen molar-refractivity contribution in [3.8, 4) is 22.6 Å². The van der Waals surface area contributed by atoms with E-state index < -0.39 is 17.3 Å². The number of ether oxygens (including phenoxy) is 3. The number of nitrogens with zero attached hydrogens (tertiary/aromatic N) is 3. The van der Waals surface area contributed by atoms with E-state index in [4.69, 9.17) is 24.9 Å². The Morgan fingerprint density at radius 3 is 2.71 bits per heavy atom. The Hall–Kier alpha value is -3.85. The number of pyridine rings is 2. The Kier molecular flexibility index (Phi) is 4.80. The first-order valence-electron chi connectivity index (χ1n) is 10.9. The van der Waals surface area contributed by atoms with Crippen molar-refractivity contribution in [3.05, 3.63) is 77.4 Å². The first-order valence-corrected chi connectivity index (χ1v) is 10.9. The molecule has 34 heavy (non-hydrogen) atoms. The van der Waals surface area contributed by atoms with E-state index in [-0.39, 0.29) is 18.4 Å². The molecule has 2 N–H and O–H groups in total. The molecule has 172 valence electrons. The van der Waals surface area contributed by atoms with E-state index in [9.17, 15) is 4.39 Å². The molecular weight excluding hydrogens is 442 g/mol. The SMILES string of the molecule is NC1=N[C@@]2(CCO1)c1cc(-c3cncc(F)c3)ccc1Oc1c2cc(C2=CCOCC2)nc1F. The van der Waals surface area contributed by atoms with Crippen molar-refractivity contribution >= 4 is 11.6 Å². The normalized spacial score (nSPS) is 21.0. The van der Waals surface area contributed by atoms with Gasteiger partial charge in [-0.15, -0.1) is 0 Å². The summed E-state index contributed by atoms with van der Waals surface area (Å²) in [4.78, 5) is 12.8. The second-order valence-electron chi connectivity index (χ2n) is 8.34. The maximum absolute atomic E-state index is 15.3. The highest BCUT2D eigenvalue weighted by Crippen LogP contribution is 2.53. The standard InChI is InChI=1S/C25H20F2N4O3/c26-17-9-16(12-29-13-17)15-1-2-21-18(10-15)25(5-8-33-24(28)31-25)19-11-20(14-3-6-32-7-4-14)30-23(27)22(19)34-21/h1-3,9-13H,4-8H2,(H2,28,31)/t25-/m0/s1. The highest BCUT2D eigenvalue weighted by atomic mass is 19.1. The first-order chi connectivity index (χ1) is 16.5. The topological polar surface area (TPSA) is 91.9 Å². The van der Waals surface area contributed by atoms with Gasteiger partial charge in [-0.05, 0) is 41.8 Å². The van der Waals surface area contributed by atoms with Gasteiger partial charge in [-0.2, -0.15) is 4.39 Å². The lowest BCUT2D eigenvalue weighted by Gasteiger charge is -2.39. The third-order valence-electron chi connectivity index (χ3n) is 6.36. The summed E-state index contributed by atoms with van der Waals surface area (Å²) in [5, 5.41) is 0. The highest BCUT2D eigenvalue weighted by Gasteiger charge is 2.46. The molecule has 0 unspecified atom stereocenters. The number of aromatic nitrogens is 2. The third-order valence-corrected chi connectivity index (χ3v) is 6.36. The molecule has 7 nitrogen and oxygen atoms in total. The van der Waals surface area contributed by atoms with Gasteiger partial charge < -0.3 is 19.9 Å². The molecule has 2 aromatic heterocycles. The molecule has 9 heteroatoms. The number of halogens is 2. The molecule has 1 spiro atoms. The van der Waals surface area contributed by atoms with E-state index in [1.165, 1.54) is 6.07 Å². The van der Waals surface area contributed by atoms with Crippen LogP contribution in [0.25, 0.3) is 16.7 Å². The fourth-order valence-corrected chi connectivity index (χ4v) is 4.75. The maximum Gasteiger partial charge on any atom is 0.283 e. The van der Waals surface area contributed by atoms with Crippen LogP contribution >= 0.6 is 0 Å². The largest absolute Gasteiger partial charge is 0.465 e. The number of aliphatic imine (C=N–C) groups is 1. The molecule has 3 aromatic rings. The zero-order valence-corrected chi connectivity index (χ0v) is 18.1. The third kappa shape index (κ3) is 3.31. The molecule has 6 rings (SSSR count). The summed E-state index contributed by atoms with van der Waals surface area (Å²) in [5.74, 6) is -0.716. The van der Waals surface area contributed by atoms with Crippen molar-refractivity contribution in [1.29, 1.82) is 0 Å². The van der Waals surface area contributed by atoms with Gasteiger partial charge in [0.05, 0.1) is 31.7 Å². The fourth-order valence-electron chi connectivity index (χ4n) is 4.75. The zero-order valence-electron chi connectivity index (χ0n) is 18.1. The Labute approximate surface area is 193 Å². The Balaban J connectivity index is 1.58. The Bertz CT molecular complexity index is 1370. The number of hydrogen-bond donors (Lipinski definition) is 1. The number of amidine groups is 1. The molecule has 3 aliphatic heterocycles. The molecular formula is C25H20F2N4O3. The fraction of sp³-hybridized carbons (Fsp3) is 0.240. The van der Waals surface area contributed by atoms with E-state index in [2.05, 4.69) is 9.97 Å². The minimum atomic E-state index is -1.05. The quantitative estimate of drug-likeness (QED) is 0.571. The van der Waals surface area contributed by atoms with Crippen molar-refractivity contribution in [2.24, 2.45) is 10.7 Å². The second kappa shape index (κ2) is 7.88. The van der Waals surface area contributed by atoms with Crippen LogP contribution in [0, 0.1) is 11.8 Å². The Morgan fingerprint density at radius 2 is 1.91 bits per heavy atom. The number of hydrogen-bond acceptors (Lipinski definition) is 7. The maximum atomic E-state index is 15.3. The lowest BCUT2D eigenvalue weighted by molar-refractivity contribution is 0.161. The van der Waals surface area contributed by atoms with E-state index in [0.717, 1.165) is 17.3 Å². The van der Waals surface area contributed by atoms with E-state index in [0.29, 0.717) is 54.2 Å². The van der Waals surface area contributed by atoms with Crippen LogP contribution in [-0.2, 0) is 15.0 Å². The van der Waals surface area contributed by atoms with Gasteiger partial charge in [-0.3, -0.25) is 4.98 Å². The summed E-state index contributed by atoms with van der Waals surface area (Å²) < 4.78 is 46.0. The lowest BCUT2D eigenvalue weighted by atomic mass is 9.77. The van der Waals surface area contributed by atoms with Crippen molar-refractivity contribution in [3.63, 3.8) is 0 Å². The molecule has 0 saturated heterocycles. The van der Waals surface area contributed by atoms with Crippen molar-refractivity contribution in [1.82, 2.24) is 9.97 Å². The van der Waals surface area contributed by atoms with Gasteiger partial charge in [0.15, 0.2) is 5.75 Å². The summed E-state index contributed by atoms with van der Waals surface area (Å²) in [6, 6.07) is 8.58. The summed E-state index contributed by atoms with van der Waals surface area (Å²) in [7, 11) is 0. The molecule has 3 aliphatic rings. The summed E-state index contributed by atoms with van der Waals surface area (Å²) in [5.41, 5.74) is 8.92. The predicted octanol–water partition coefficient (Wildman–Crippen LogP) is 4.31. The molecule has 0 bridgehead atoms. The van der Waals surface area contributed by atoms with Crippen LogP contribution in [0.4, 0.5) is 8.78 Å². The van der Waals surface area contributed by atoms with E-state index in [1.54, 1.807) is 18.3 Å². The molecule has 0 saturated carbocycles. The highest BCUT2D eigenvalue weighted by molar-refractivity contribution is 5.77. The molecule has 1 aromatic carbocycles. The Morgan fingerprint density at radius 1 is 1.00 bits per heavy atom. The number of fused-ring (bicyclic) bond motifs is 4. The molecule has 0 fully saturated rings. The van der Waals surface area contributed by atoms with Gasteiger partial charge in [0, 0.05) is 29.3 Å². The first kappa shape index (κ1) is 20.7. The van der Waals surface area contributed by atoms with E-state index >= 15 is 4.39 Å². The summed E-state index contributed by atoms with van der Waals surface area (Å²) in [6.07, 6.45) is 5.66. The molecule has 0 amide bonds. The summed E-state index contributed by atoms with van der Waals surface area (Å²) in [6.45, 7) is 1.28. The van der Waals surface area contributed by atoms with Crippen LogP contribution in [-0.4, -0.2) is 35.8 Å². The molecule has 5 heterocycles. The van der Waals surface area contributed by atoms with Crippen LogP contribution in [0.15, 0.2) is 53.8 Å². The average Bonchev–Trinajstić information content (AvgIpc) is 2.85. The van der Waals surface area contributed by atoms with Gasteiger partial charge in [-0.25, -0.2) is 14.4 Å². The van der Waals surface area contributed by atoms with Gasteiger partial charge in [0.25, 0.3) is 12.0 Å². The van der Waals surface area contributed by atoms with Crippen molar-refractivity contribution in [2.75, 3.05) is 19.8 Å². The second-order valence-corrected chi connectivity index (χ2v) is 8.34. The van der Waals surface area contributed by atoms with Gasteiger partial charge in [-0.1, -0.05) is 12.1 Å². The number of nitrogens with two attached hydrogens (primary N) is 1. The zero-order chi connectivity index (χ0) is 23.3. The van der Waals surface area contributed by atoms with E-state index in [1.807, 2.05) is 18.2 Å². The molecule has 1 atom stereocenters. The van der Waals surface area contributed by atoms with Crippen LogP contribution in [0.5, 0.6) is 11.5 Å². The number of rotatable bonds is 2. The van der Waals surface area contributed by atoms with Gasteiger partial charge in [0.1, 0.15) is 17.1 Å². The van der Waals surface area contributed by atoms with Crippen molar-refractivity contribution in [2.45, 2.75) is 18.4 Å².